The van der Waals surface area contributed by atoms with Crippen molar-refractivity contribution in [2.45, 2.75) is 31.8 Å². The lowest BCUT2D eigenvalue weighted by Gasteiger charge is -2.17. The van der Waals surface area contributed by atoms with E-state index in [4.69, 9.17) is 0 Å². The zero-order chi connectivity index (χ0) is 13.4. The predicted molar refractivity (Wildman–Crippen MR) is 74.3 cm³/mol. The predicted octanol–water partition coefficient (Wildman–Crippen LogP) is 1.89. The van der Waals surface area contributed by atoms with Crippen molar-refractivity contribution in [3.63, 3.8) is 0 Å². The van der Waals surface area contributed by atoms with Crippen molar-refractivity contribution in [2.24, 2.45) is 0 Å². The summed E-state index contributed by atoms with van der Waals surface area (Å²) in [6, 6.07) is 1.54. The Morgan fingerprint density at radius 1 is 1.35 bits per heavy atom. The van der Waals surface area contributed by atoms with Gasteiger partial charge in [-0.2, -0.15) is 8.42 Å². The van der Waals surface area contributed by atoms with E-state index in [-0.39, 0.29) is 4.90 Å². The molecule has 0 aliphatic rings. The Labute approximate surface area is 105 Å². The molecule has 1 aromatic rings. The summed E-state index contributed by atoms with van der Waals surface area (Å²) in [5, 5.41) is 0.799. The molecule has 0 heterocycles. The quantitative estimate of drug-likeness (QED) is 0.674. The Morgan fingerprint density at radius 2 is 1.88 bits per heavy atom. The topological polar surface area (TPSA) is 54.4 Å². The van der Waals surface area contributed by atoms with Gasteiger partial charge in [0.15, 0.2) is 0 Å². The Bertz CT molecular complexity index is 560. The smallest absolute Gasteiger partial charge is 0.282 e. The van der Waals surface area contributed by atoms with E-state index in [0.29, 0.717) is 0 Å². The first-order chi connectivity index (χ1) is 7.70. The summed E-state index contributed by atoms with van der Waals surface area (Å²) in [5.74, 6) is 0. The van der Waals surface area contributed by atoms with Gasteiger partial charge < -0.3 is 0 Å². The van der Waals surface area contributed by atoms with E-state index in [1.165, 1.54) is 0 Å². The minimum Gasteiger partial charge on any atom is -0.282 e. The van der Waals surface area contributed by atoms with Crippen LogP contribution in [0.1, 0.15) is 16.7 Å². The second-order valence-corrected chi connectivity index (χ2v) is 8.75. The van der Waals surface area contributed by atoms with Crippen LogP contribution in [0.15, 0.2) is 17.5 Å². The van der Waals surface area contributed by atoms with Gasteiger partial charge in [-0.25, -0.2) is 0 Å². The number of hydrogen-bond acceptors (Lipinski definition) is 2. The van der Waals surface area contributed by atoms with Crippen molar-refractivity contribution in [1.82, 2.24) is 0 Å². The van der Waals surface area contributed by atoms with Gasteiger partial charge in [-0.15, -0.1) is 0 Å². The molecule has 0 atom stereocenters. The molecule has 0 amide bonds. The van der Waals surface area contributed by atoms with Gasteiger partial charge in [-0.3, -0.25) is 4.55 Å². The lowest BCUT2D eigenvalue weighted by atomic mass is 10.0. The second kappa shape index (κ2) is 4.76. The van der Waals surface area contributed by atoms with Gasteiger partial charge in [0.25, 0.3) is 10.1 Å². The third-order valence-corrected chi connectivity index (χ3v) is 5.91. The number of hydrogen-bond donors (Lipinski definition) is 1. The molecule has 0 spiro atoms. The molecule has 0 unspecified atom stereocenters. The SMILES string of the molecule is C=Cc1c(C)cc(S(=O)(=O)O)c([SiH](C)C)c1C. The Kier molecular flexibility index (Phi) is 3.96. The molecule has 3 nitrogen and oxygen atoms in total. The molecule has 0 bridgehead atoms. The summed E-state index contributed by atoms with van der Waals surface area (Å²) in [6.45, 7) is 11.5. The molecule has 5 heteroatoms. The summed E-state index contributed by atoms with van der Waals surface area (Å²) in [6.07, 6.45) is 1.73. The summed E-state index contributed by atoms with van der Waals surface area (Å²) in [4.78, 5) is 0.0692. The van der Waals surface area contributed by atoms with Gasteiger partial charge >= 0.3 is 0 Å². The van der Waals surface area contributed by atoms with Crippen molar-refractivity contribution in [3.05, 3.63) is 29.3 Å². The van der Waals surface area contributed by atoms with E-state index in [2.05, 4.69) is 6.58 Å². The van der Waals surface area contributed by atoms with E-state index < -0.39 is 18.9 Å². The highest BCUT2D eigenvalue weighted by molar-refractivity contribution is 7.86. The number of aryl methyl sites for hydroxylation is 1. The fourth-order valence-electron chi connectivity index (χ4n) is 2.22. The summed E-state index contributed by atoms with van der Waals surface area (Å²) >= 11 is 0. The zero-order valence-electron chi connectivity index (χ0n) is 10.6. The average Bonchev–Trinajstić information content (AvgIpc) is 2.15. The molecule has 0 fully saturated rings. The average molecular weight is 270 g/mol. The van der Waals surface area contributed by atoms with E-state index >= 15 is 0 Å². The van der Waals surface area contributed by atoms with Crippen LogP contribution in [-0.2, 0) is 10.1 Å². The fourth-order valence-corrected chi connectivity index (χ4v) is 5.81. The maximum Gasteiger partial charge on any atom is 0.294 e. The lowest BCUT2D eigenvalue weighted by Crippen LogP contribution is -2.32. The molecular weight excluding hydrogens is 252 g/mol. The van der Waals surface area contributed by atoms with Gasteiger partial charge in [0.2, 0.25) is 0 Å². The van der Waals surface area contributed by atoms with Crippen LogP contribution in [0.25, 0.3) is 6.08 Å². The van der Waals surface area contributed by atoms with Crippen LogP contribution in [0, 0.1) is 13.8 Å². The molecule has 17 heavy (non-hydrogen) atoms. The van der Waals surface area contributed by atoms with E-state index in [1.54, 1.807) is 12.1 Å². The first-order valence-electron chi connectivity index (χ1n) is 5.44. The number of benzene rings is 1. The van der Waals surface area contributed by atoms with Gasteiger partial charge in [-0.1, -0.05) is 25.7 Å². The molecule has 1 N–H and O–H groups in total. The molecule has 94 valence electrons. The van der Waals surface area contributed by atoms with Crippen LogP contribution in [0.4, 0.5) is 0 Å². The highest BCUT2D eigenvalue weighted by Crippen LogP contribution is 2.20. The third kappa shape index (κ3) is 2.67. The Hall–Kier alpha value is -0.913. The van der Waals surface area contributed by atoms with Gasteiger partial charge in [0.1, 0.15) is 0 Å². The maximum atomic E-state index is 11.4. The van der Waals surface area contributed by atoms with Crippen LogP contribution >= 0.6 is 0 Å². The zero-order valence-corrected chi connectivity index (χ0v) is 12.6. The van der Waals surface area contributed by atoms with Crippen LogP contribution in [0.3, 0.4) is 0 Å². The number of rotatable bonds is 3. The second-order valence-electron chi connectivity index (χ2n) is 4.48. The van der Waals surface area contributed by atoms with Crippen molar-refractivity contribution < 1.29 is 13.0 Å². The normalized spacial score (nSPS) is 11.9. The van der Waals surface area contributed by atoms with Crippen LogP contribution in [0.5, 0.6) is 0 Å². The highest BCUT2D eigenvalue weighted by Gasteiger charge is 2.22. The molecule has 1 aromatic carbocycles. The van der Waals surface area contributed by atoms with Gasteiger partial charge in [-0.05, 0) is 41.8 Å². The molecule has 0 radical (unpaired) electrons. The first-order valence-corrected chi connectivity index (χ1v) is 9.76. The monoisotopic (exact) mass is 270 g/mol. The molecule has 0 saturated carbocycles. The lowest BCUT2D eigenvalue weighted by molar-refractivity contribution is 0.483. The maximum absolute atomic E-state index is 11.4. The standard InChI is InChI=1S/C12H18O3SSi/c1-6-10-8(2)7-11(16(13,14)15)12(9(10)3)17(4)5/h6-7,17H,1H2,2-5H3,(H,13,14,15). The molecular formula is C12H18O3SSi. The van der Waals surface area contributed by atoms with Gasteiger partial charge in [0, 0.05) is 0 Å². The minimum atomic E-state index is -4.15. The largest absolute Gasteiger partial charge is 0.294 e. The van der Waals surface area contributed by atoms with Gasteiger partial charge in [0.05, 0.1) is 13.7 Å². The third-order valence-electron chi connectivity index (χ3n) is 2.91. The highest BCUT2D eigenvalue weighted by atomic mass is 32.2. The Morgan fingerprint density at radius 3 is 2.24 bits per heavy atom. The molecule has 0 aromatic heterocycles. The van der Waals surface area contributed by atoms with E-state index in [9.17, 15) is 13.0 Å². The molecule has 0 saturated heterocycles. The van der Waals surface area contributed by atoms with Crippen LogP contribution in [-0.4, -0.2) is 21.8 Å². The minimum absolute atomic E-state index is 0.0692. The van der Waals surface area contributed by atoms with Crippen molar-refractivity contribution >= 4 is 30.2 Å². The van der Waals surface area contributed by atoms with Crippen molar-refractivity contribution in [2.75, 3.05) is 0 Å². The fraction of sp³-hybridized carbons (Fsp3) is 0.333. The Balaban J connectivity index is 3.81. The van der Waals surface area contributed by atoms with Crippen LogP contribution in [0.2, 0.25) is 13.1 Å². The molecule has 1 rings (SSSR count). The summed E-state index contributed by atoms with van der Waals surface area (Å²) < 4.78 is 32.1. The summed E-state index contributed by atoms with van der Waals surface area (Å²) in [7, 11) is -5.50. The van der Waals surface area contributed by atoms with Crippen LogP contribution < -0.4 is 5.19 Å². The molecule has 0 aliphatic carbocycles. The van der Waals surface area contributed by atoms with Crippen molar-refractivity contribution in [3.8, 4) is 0 Å². The van der Waals surface area contributed by atoms with E-state index in [0.717, 1.165) is 21.9 Å². The van der Waals surface area contributed by atoms with E-state index in [1.807, 2.05) is 26.9 Å². The first kappa shape index (κ1) is 14.1. The molecule has 0 aliphatic heterocycles. The van der Waals surface area contributed by atoms with Crippen molar-refractivity contribution in [1.29, 1.82) is 0 Å². The summed E-state index contributed by atoms with van der Waals surface area (Å²) in [5.41, 5.74) is 2.71.